The van der Waals surface area contributed by atoms with E-state index < -0.39 is 12.3 Å². The van der Waals surface area contributed by atoms with Gasteiger partial charge in [0.05, 0.1) is 12.0 Å². The van der Waals surface area contributed by atoms with Crippen LogP contribution in [0.15, 0.2) is 53.5 Å². The van der Waals surface area contributed by atoms with E-state index in [-0.39, 0.29) is 23.7 Å². The Morgan fingerprint density at radius 1 is 1.30 bits per heavy atom. The lowest BCUT2D eigenvalue weighted by Crippen LogP contribution is -2.20. The van der Waals surface area contributed by atoms with E-state index in [9.17, 15) is 18.0 Å². The number of aliphatic imine (C=N–C) groups is 1. The van der Waals surface area contributed by atoms with Crippen molar-refractivity contribution in [3.05, 3.63) is 59.7 Å². The number of amidine groups is 1. The van der Waals surface area contributed by atoms with Crippen LogP contribution in [0.5, 0.6) is 5.75 Å². The normalized spacial score (nSPS) is 17.1. The Morgan fingerprint density at radius 3 is 2.67 bits per heavy atom. The molecule has 160 valence electrons. The summed E-state index contributed by atoms with van der Waals surface area (Å²) in [5.41, 5.74) is 7.60. The Kier molecular flexibility index (Phi) is 6.49. The Bertz CT molecular complexity index is 914. The van der Waals surface area contributed by atoms with Gasteiger partial charge in [0.25, 0.3) is 6.02 Å². The van der Waals surface area contributed by atoms with E-state index in [1.54, 1.807) is 25.1 Å². The number of nitrogens with two attached hydrogens (primary N) is 1. The summed E-state index contributed by atoms with van der Waals surface area (Å²) in [5.74, 6) is -1.35. The second-order valence-corrected chi connectivity index (χ2v) is 7.00. The average Bonchev–Trinajstić information content (AvgIpc) is 3.11. The van der Waals surface area contributed by atoms with Crippen molar-refractivity contribution in [1.82, 2.24) is 0 Å². The molecule has 1 heterocycles. The summed E-state index contributed by atoms with van der Waals surface area (Å²) in [4.78, 5) is 16.7. The summed E-state index contributed by atoms with van der Waals surface area (Å²) in [7, 11) is 0. The molecule has 2 aromatic rings. The number of amides is 1. The van der Waals surface area contributed by atoms with Gasteiger partial charge in [-0.25, -0.2) is 4.99 Å². The largest absolute Gasteiger partial charge is 0.573 e. The monoisotopic (exact) mass is 421 g/mol. The number of hydrogen-bond donors (Lipinski definition) is 2. The number of benzene rings is 2. The molecule has 3 rings (SSSR count). The first-order valence-electron chi connectivity index (χ1n) is 9.41. The van der Waals surface area contributed by atoms with E-state index in [1.165, 1.54) is 18.2 Å². The van der Waals surface area contributed by atoms with Gasteiger partial charge in [-0.3, -0.25) is 4.79 Å². The highest BCUT2D eigenvalue weighted by Crippen LogP contribution is 2.27. The minimum Gasteiger partial charge on any atom is -0.463 e. The maximum absolute atomic E-state index is 12.5. The molecule has 0 aliphatic carbocycles. The average molecular weight is 421 g/mol. The van der Waals surface area contributed by atoms with Crippen LogP contribution in [-0.4, -0.2) is 30.9 Å². The topological polar surface area (TPSA) is 85.9 Å². The number of ether oxygens (including phenoxy) is 2. The van der Waals surface area contributed by atoms with Crippen LogP contribution in [0.4, 0.5) is 18.9 Å². The molecule has 0 radical (unpaired) electrons. The third-order valence-corrected chi connectivity index (χ3v) is 4.71. The number of carbonyl (C=O) groups excluding carboxylic acids is 1. The third-order valence-electron chi connectivity index (χ3n) is 4.71. The zero-order valence-corrected chi connectivity index (χ0v) is 16.3. The quantitative estimate of drug-likeness (QED) is 0.708. The van der Waals surface area contributed by atoms with Gasteiger partial charge in [0.1, 0.15) is 12.4 Å². The highest BCUT2D eigenvalue weighted by Gasteiger charge is 2.31. The Morgan fingerprint density at radius 2 is 2.03 bits per heavy atom. The van der Waals surface area contributed by atoms with Crippen LogP contribution in [0.3, 0.4) is 0 Å². The third kappa shape index (κ3) is 6.13. The Balaban J connectivity index is 1.55. The summed E-state index contributed by atoms with van der Waals surface area (Å²) in [6.07, 6.45) is -3.18. The van der Waals surface area contributed by atoms with Crippen LogP contribution in [-0.2, 0) is 16.0 Å². The lowest BCUT2D eigenvalue weighted by Gasteiger charge is -2.15. The molecule has 1 aliphatic heterocycles. The van der Waals surface area contributed by atoms with E-state index in [2.05, 4.69) is 15.0 Å². The van der Waals surface area contributed by atoms with Crippen molar-refractivity contribution in [2.24, 2.45) is 10.7 Å². The summed E-state index contributed by atoms with van der Waals surface area (Å²) in [6, 6.07) is 13.1. The number of alkyl halides is 3. The van der Waals surface area contributed by atoms with E-state index in [0.717, 1.165) is 18.4 Å². The summed E-state index contributed by atoms with van der Waals surface area (Å²) in [6.45, 7) is 2.11. The molecule has 30 heavy (non-hydrogen) atoms. The van der Waals surface area contributed by atoms with Crippen LogP contribution in [0.25, 0.3) is 0 Å². The molecule has 0 saturated carbocycles. The molecule has 0 bridgehead atoms. The van der Waals surface area contributed by atoms with Gasteiger partial charge in [-0.15, -0.1) is 13.2 Å². The smallest absolute Gasteiger partial charge is 0.463 e. The first-order valence-corrected chi connectivity index (χ1v) is 9.41. The molecule has 2 aromatic carbocycles. The number of halogens is 3. The fourth-order valence-corrected chi connectivity index (χ4v) is 3.05. The van der Waals surface area contributed by atoms with Crippen molar-refractivity contribution in [2.45, 2.75) is 38.1 Å². The fraction of sp³-hybridized carbons (Fsp3) is 0.333. The molecule has 0 fully saturated rings. The zero-order valence-electron chi connectivity index (χ0n) is 16.3. The molecule has 2 atom stereocenters. The van der Waals surface area contributed by atoms with Gasteiger partial charge >= 0.3 is 6.36 Å². The minimum atomic E-state index is -4.78. The molecule has 0 spiro atoms. The van der Waals surface area contributed by atoms with E-state index >= 15 is 0 Å². The molecule has 1 amide bonds. The van der Waals surface area contributed by atoms with Gasteiger partial charge in [-0.1, -0.05) is 24.3 Å². The van der Waals surface area contributed by atoms with Gasteiger partial charge < -0.3 is 20.5 Å². The number of rotatable bonds is 7. The first-order chi connectivity index (χ1) is 14.2. The van der Waals surface area contributed by atoms with Gasteiger partial charge in [0, 0.05) is 5.69 Å². The van der Waals surface area contributed by atoms with Crippen LogP contribution in [0, 0.1) is 0 Å². The van der Waals surface area contributed by atoms with Crippen molar-refractivity contribution in [3.8, 4) is 5.75 Å². The van der Waals surface area contributed by atoms with Crippen molar-refractivity contribution in [3.63, 3.8) is 0 Å². The standard InChI is InChI=1S/C21H22F3N3O3/c1-13(15-3-2-4-18(11-15)30-21(22,23)24)19(28)26-16-8-5-14(6-9-16)7-10-17-12-29-20(25)27-17/h2-6,8-9,11,13,17H,7,10,12H2,1H3,(H2,25,27)(H,26,28). The SMILES string of the molecule is CC(C(=O)Nc1ccc(CCC2COC(N)=N2)cc1)c1cccc(OC(F)(F)F)c1. The molecular weight excluding hydrogens is 399 g/mol. The predicted octanol–water partition coefficient (Wildman–Crippen LogP) is 3.97. The fourth-order valence-electron chi connectivity index (χ4n) is 3.05. The second-order valence-electron chi connectivity index (χ2n) is 7.00. The molecule has 0 saturated heterocycles. The van der Waals surface area contributed by atoms with Crippen LogP contribution in [0.2, 0.25) is 0 Å². The number of nitrogens with one attached hydrogen (secondary N) is 1. The maximum atomic E-state index is 12.5. The number of aryl methyl sites for hydroxylation is 1. The summed E-state index contributed by atoms with van der Waals surface area (Å²) in [5, 5.41) is 2.78. The zero-order chi connectivity index (χ0) is 21.7. The van der Waals surface area contributed by atoms with Gasteiger partial charge in [-0.05, 0) is 55.2 Å². The minimum absolute atomic E-state index is 0.0577. The van der Waals surface area contributed by atoms with Crippen LogP contribution in [0.1, 0.15) is 30.4 Å². The Labute approximate surface area is 171 Å². The van der Waals surface area contributed by atoms with Crippen LogP contribution < -0.4 is 15.8 Å². The van der Waals surface area contributed by atoms with Gasteiger partial charge in [0.2, 0.25) is 5.91 Å². The van der Waals surface area contributed by atoms with Crippen LogP contribution >= 0.6 is 0 Å². The number of nitrogens with zero attached hydrogens (tertiary/aromatic N) is 1. The molecule has 1 aliphatic rings. The van der Waals surface area contributed by atoms with Crippen molar-refractivity contribution in [1.29, 1.82) is 0 Å². The molecular formula is C21H22F3N3O3. The predicted molar refractivity (Wildman–Crippen MR) is 106 cm³/mol. The molecule has 3 N–H and O–H groups in total. The highest BCUT2D eigenvalue weighted by molar-refractivity contribution is 5.95. The lowest BCUT2D eigenvalue weighted by atomic mass is 10.00. The van der Waals surface area contributed by atoms with E-state index in [1.807, 2.05) is 12.1 Å². The second kappa shape index (κ2) is 9.06. The number of carbonyl (C=O) groups is 1. The molecule has 6 nitrogen and oxygen atoms in total. The number of anilines is 1. The van der Waals surface area contributed by atoms with Crippen molar-refractivity contribution < 1.29 is 27.4 Å². The lowest BCUT2D eigenvalue weighted by molar-refractivity contribution is -0.274. The van der Waals surface area contributed by atoms with Crippen molar-refractivity contribution >= 4 is 17.6 Å². The summed E-state index contributed by atoms with van der Waals surface area (Å²) >= 11 is 0. The van der Waals surface area contributed by atoms with Crippen molar-refractivity contribution in [2.75, 3.05) is 11.9 Å². The molecule has 0 aromatic heterocycles. The number of hydrogen-bond acceptors (Lipinski definition) is 5. The maximum Gasteiger partial charge on any atom is 0.573 e. The van der Waals surface area contributed by atoms with Gasteiger partial charge in [-0.2, -0.15) is 0 Å². The molecule has 2 unspecified atom stereocenters. The highest BCUT2D eigenvalue weighted by atomic mass is 19.4. The van der Waals surface area contributed by atoms with E-state index in [0.29, 0.717) is 17.9 Å². The molecule has 9 heteroatoms. The Hall–Kier alpha value is -3.23. The first kappa shape index (κ1) is 21.5. The summed E-state index contributed by atoms with van der Waals surface area (Å²) < 4.78 is 46.2. The van der Waals surface area contributed by atoms with Gasteiger partial charge in [0.15, 0.2) is 0 Å². The van der Waals surface area contributed by atoms with E-state index in [4.69, 9.17) is 10.5 Å².